The first-order valence-electron chi connectivity index (χ1n) is 8.72. The Morgan fingerprint density at radius 1 is 1.00 bits per heavy atom. The van der Waals surface area contributed by atoms with Crippen LogP contribution in [0, 0.1) is 12.3 Å². The number of hydrogen-bond acceptors (Lipinski definition) is 3. The summed E-state index contributed by atoms with van der Waals surface area (Å²) in [5.41, 5.74) is 7.73. The van der Waals surface area contributed by atoms with Crippen molar-refractivity contribution in [3.05, 3.63) is 77.5 Å². The molecule has 2 aromatic carbocycles. The molecule has 0 saturated carbocycles. The van der Waals surface area contributed by atoms with E-state index in [1.807, 2.05) is 31.2 Å². The maximum absolute atomic E-state index is 13.6. The highest BCUT2D eigenvalue weighted by molar-refractivity contribution is 5.95. The van der Waals surface area contributed by atoms with E-state index >= 15 is 0 Å². The van der Waals surface area contributed by atoms with Gasteiger partial charge in [-0.2, -0.15) is 18.3 Å². The van der Waals surface area contributed by atoms with Crippen molar-refractivity contribution in [1.82, 2.24) is 14.6 Å². The van der Waals surface area contributed by atoms with Gasteiger partial charge in [0.1, 0.15) is 5.84 Å². The van der Waals surface area contributed by atoms with Crippen molar-refractivity contribution in [3.8, 4) is 22.5 Å². The second kappa shape index (κ2) is 6.73. The van der Waals surface area contributed by atoms with Crippen molar-refractivity contribution in [1.29, 1.82) is 5.41 Å². The van der Waals surface area contributed by atoms with E-state index in [1.54, 1.807) is 12.3 Å². The third-order valence-corrected chi connectivity index (χ3v) is 4.58. The van der Waals surface area contributed by atoms with Crippen molar-refractivity contribution < 1.29 is 13.2 Å². The molecule has 0 amide bonds. The lowest BCUT2D eigenvalue weighted by Gasteiger charge is -2.14. The molecular weight excluding hydrogens is 379 g/mol. The van der Waals surface area contributed by atoms with Gasteiger partial charge in [0.15, 0.2) is 5.65 Å². The Labute approximate surface area is 164 Å². The molecule has 0 fully saturated rings. The van der Waals surface area contributed by atoms with Crippen LogP contribution in [0.2, 0.25) is 0 Å². The summed E-state index contributed by atoms with van der Waals surface area (Å²) in [7, 11) is 0. The second-order valence-corrected chi connectivity index (χ2v) is 6.69. The van der Waals surface area contributed by atoms with Gasteiger partial charge in [-0.1, -0.05) is 42.0 Å². The SMILES string of the molecule is Cc1ccc(-c2cn3nc(-c4ccc(C(=N)N)cc4C(F)(F)F)ccc3n2)cc1. The number of halogens is 3. The van der Waals surface area contributed by atoms with Crippen LogP contribution in [-0.2, 0) is 6.18 Å². The van der Waals surface area contributed by atoms with Gasteiger partial charge >= 0.3 is 6.18 Å². The first-order valence-corrected chi connectivity index (χ1v) is 8.72. The first kappa shape index (κ1) is 18.7. The van der Waals surface area contributed by atoms with Gasteiger partial charge in [-0.15, -0.1) is 0 Å². The molecule has 5 nitrogen and oxygen atoms in total. The number of nitrogens with two attached hydrogens (primary N) is 1. The number of imidazole rings is 1. The first-order chi connectivity index (χ1) is 13.7. The summed E-state index contributed by atoms with van der Waals surface area (Å²) in [5.74, 6) is -0.428. The summed E-state index contributed by atoms with van der Waals surface area (Å²) >= 11 is 0. The molecule has 4 aromatic rings. The lowest BCUT2D eigenvalue weighted by molar-refractivity contribution is -0.137. The fourth-order valence-corrected chi connectivity index (χ4v) is 3.06. The van der Waals surface area contributed by atoms with E-state index in [9.17, 15) is 13.2 Å². The van der Waals surface area contributed by atoms with Gasteiger partial charge in [0.2, 0.25) is 0 Å². The Morgan fingerprint density at radius 2 is 1.72 bits per heavy atom. The van der Waals surface area contributed by atoms with Gasteiger partial charge < -0.3 is 5.73 Å². The zero-order chi connectivity index (χ0) is 20.8. The molecule has 0 radical (unpaired) electrons. The minimum Gasteiger partial charge on any atom is -0.384 e. The number of fused-ring (bicyclic) bond motifs is 1. The minimum absolute atomic E-state index is 0.00596. The monoisotopic (exact) mass is 395 g/mol. The van der Waals surface area contributed by atoms with Crippen LogP contribution in [0.3, 0.4) is 0 Å². The molecule has 0 saturated heterocycles. The zero-order valence-corrected chi connectivity index (χ0v) is 15.3. The van der Waals surface area contributed by atoms with Gasteiger partial charge in [0.05, 0.1) is 23.1 Å². The van der Waals surface area contributed by atoms with Crippen LogP contribution in [0.5, 0.6) is 0 Å². The third-order valence-electron chi connectivity index (χ3n) is 4.58. The molecule has 0 spiro atoms. The fraction of sp³-hybridized carbons (Fsp3) is 0.0952. The molecule has 2 aromatic heterocycles. The van der Waals surface area contributed by atoms with E-state index in [0.717, 1.165) is 17.2 Å². The molecule has 2 heterocycles. The van der Waals surface area contributed by atoms with Crippen LogP contribution in [0.25, 0.3) is 28.2 Å². The summed E-state index contributed by atoms with van der Waals surface area (Å²) in [6.45, 7) is 1.98. The predicted molar refractivity (Wildman–Crippen MR) is 105 cm³/mol. The largest absolute Gasteiger partial charge is 0.417 e. The molecule has 146 valence electrons. The lowest BCUT2D eigenvalue weighted by Crippen LogP contribution is -2.14. The van der Waals surface area contributed by atoms with Gasteiger partial charge in [0.25, 0.3) is 0 Å². The molecule has 0 aliphatic rings. The number of aryl methyl sites for hydroxylation is 1. The van der Waals surface area contributed by atoms with E-state index < -0.39 is 17.6 Å². The molecule has 0 bridgehead atoms. The van der Waals surface area contributed by atoms with Crippen molar-refractivity contribution in [2.75, 3.05) is 0 Å². The molecule has 4 rings (SSSR count). The highest BCUT2D eigenvalue weighted by Crippen LogP contribution is 2.37. The average molecular weight is 395 g/mol. The van der Waals surface area contributed by atoms with Crippen LogP contribution >= 0.6 is 0 Å². The second-order valence-electron chi connectivity index (χ2n) is 6.69. The maximum Gasteiger partial charge on any atom is 0.417 e. The third kappa shape index (κ3) is 3.56. The number of hydrogen-bond donors (Lipinski definition) is 2. The van der Waals surface area contributed by atoms with Crippen LogP contribution < -0.4 is 5.73 Å². The van der Waals surface area contributed by atoms with Gasteiger partial charge in [-0.05, 0) is 25.1 Å². The van der Waals surface area contributed by atoms with E-state index in [0.29, 0.717) is 11.3 Å². The molecule has 8 heteroatoms. The van der Waals surface area contributed by atoms with E-state index in [2.05, 4.69) is 10.1 Å². The smallest absolute Gasteiger partial charge is 0.384 e. The van der Waals surface area contributed by atoms with Crippen molar-refractivity contribution in [3.63, 3.8) is 0 Å². The summed E-state index contributed by atoms with van der Waals surface area (Å²) < 4.78 is 42.2. The van der Waals surface area contributed by atoms with Crippen LogP contribution in [0.15, 0.2) is 60.8 Å². The molecule has 29 heavy (non-hydrogen) atoms. The summed E-state index contributed by atoms with van der Waals surface area (Å²) in [6, 6.07) is 14.4. The summed E-state index contributed by atoms with van der Waals surface area (Å²) in [4.78, 5) is 4.49. The standard InChI is InChI=1S/C21H16F3N5/c1-12-2-4-13(5-3-12)18-11-29-19(27-18)9-8-17(28-29)15-7-6-14(20(25)26)10-16(15)21(22,23)24/h2-11H,1H3,(H3,25,26). The average Bonchev–Trinajstić information content (AvgIpc) is 3.10. The Morgan fingerprint density at radius 3 is 2.38 bits per heavy atom. The summed E-state index contributed by atoms with van der Waals surface area (Å²) in [6.07, 6.45) is -2.93. The number of amidine groups is 1. The van der Waals surface area contributed by atoms with Crippen molar-refractivity contribution >= 4 is 11.5 Å². The van der Waals surface area contributed by atoms with Crippen molar-refractivity contribution in [2.24, 2.45) is 5.73 Å². The minimum atomic E-state index is -4.61. The Kier molecular flexibility index (Phi) is 4.34. The molecule has 0 aliphatic carbocycles. The normalized spacial score (nSPS) is 11.7. The number of alkyl halides is 3. The van der Waals surface area contributed by atoms with E-state index in [4.69, 9.17) is 11.1 Å². The number of nitrogen functional groups attached to an aromatic ring is 1. The molecular formula is C21H16F3N5. The number of nitrogens with zero attached hydrogens (tertiary/aromatic N) is 3. The fourth-order valence-electron chi connectivity index (χ4n) is 3.06. The molecule has 3 N–H and O–H groups in total. The Bertz CT molecular complexity index is 1220. The number of aromatic nitrogens is 3. The topological polar surface area (TPSA) is 80.1 Å². The molecule has 0 atom stereocenters. The van der Waals surface area contributed by atoms with Crippen LogP contribution in [0.1, 0.15) is 16.7 Å². The maximum atomic E-state index is 13.6. The van der Waals surface area contributed by atoms with E-state index in [1.165, 1.54) is 22.7 Å². The number of benzene rings is 2. The van der Waals surface area contributed by atoms with Crippen molar-refractivity contribution in [2.45, 2.75) is 13.1 Å². The van der Waals surface area contributed by atoms with Crippen LogP contribution in [0.4, 0.5) is 13.2 Å². The molecule has 0 unspecified atom stereocenters. The van der Waals surface area contributed by atoms with Crippen LogP contribution in [-0.4, -0.2) is 20.4 Å². The Hall–Kier alpha value is -3.68. The zero-order valence-electron chi connectivity index (χ0n) is 15.3. The highest BCUT2D eigenvalue weighted by Gasteiger charge is 2.34. The van der Waals surface area contributed by atoms with Gasteiger partial charge in [-0.25, -0.2) is 9.50 Å². The predicted octanol–water partition coefficient (Wildman–Crippen LogP) is 4.67. The van der Waals surface area contributed by atoms with E-state index in [-0.39, 0.29) is 16.8 Å². The highest BCUT2D eigenvalue weighted by atomic mass is 19.4. The van der Waals surface area contributed by atoms with Gasteiger partial charge in [-0.3, -0.25) is 5.41 Å². The lowest BCUT2D eigenvalue weighted by atomic mass is 10.00. The number of nitrogens with one attached hydrogen (secondary N) is 1. The Balaban J connectivity index is 1.82. The quantitative estimate of drug-likeness (QED) is 0.391. The van der Waals surface area contributed by atoms with Gasteiger partial charge in [0, 0.05) is 16.7 Å². The number of rotatable bonds is 3. The molecule has 0 aliphatic heterocycles. The summed E-state index contributed by atoms with van der Waals surface area (Å²) in [5, 5.41) is 11.7.